The molecule has 0 aliphatic heterocycles. The maximum atomic E-state index is 13.0. The van der Waals surface area contributed by atoms with Crippen molar-refractivity contribution in [2.45, 2.75) is 4.75 Å². The molecule has 3 N–H and O–H groups in total. The molecule has 0 saturated heterocycles. The maximum absolute atomic E-state index is 13.0. The molecule has 0 unspecified atom stereocenters. The van der Waals surface area contributed by atoms with Gasteiger partial charge in [-0.25, -0.2) is 0 Å². The molecule has 0 fully saturated rings. The number of phenolic OH excluding ortho intramolecular Hbond substituents is 2. The minimum Gasteiger partial charge on any atom is -0.503 e. The fourth-order valence-corrected chi connectivity index (χ4v) is 5.40. The molecule has 3 aromatic carbocycles. The van der Waals surface area contributed by atoms with Crippen molar-refractivity contribution in [2.75, 3.05) is 0 Å². The summed E-state index contributed by atoms with van der Waals surface area (Å²) in [6.45, 7) is 0. The lowest BCUT2D eigenvalue weighted by Crippen LogP contribution is -2.38. The Balaban J connectivity index is 2.62. The molecular weight excluding hydrogens is 482 g/mol. The summed E-state index contributed by atoms with van der Waals surface area (Å²) < 4.78 is 34.0. The summed E-state index contributed by atoms with van der Waals surface area (Å²) in [6.07, 6.45) is 0. The minimum absolute atomic E-state index is 0.0119. The van der Waals surface area contributed by atoms with Crippen LogP contribution in [-0.4, -0.2) is 23.2 Å². The highest BCUT2D eigenvalue weighted by molar-refractivity contribution is 7.87. The van der Waals surface area contributed by atoms with Gasteiger partial charge in [0.05, 0.1) is 10.0 Å². The molecule has 0 heterocycles. The normalized spacial score (nSPS) is 12.2. The van der Waals surface area contributed by atoms with Crippen LogP contribution in [-0.2, 0) is 14.9 Å². The van der Waals surface area contributed by atoms with Crippen LogP contribution in [0.4, 0.5) is 0 Å². The zero-order chi connectivity index (χ0) is 21.6. The number of benzene rings is 3. The Bertz CT molecular complexity index is 1170. The third kappa shape index (κ3) is 3.65. The zero-order valence-electron chi connectivity index (χ0n) is 14.3. The summed E-state index contributed by atoms with van der Waals surface area (Å²) in [4.78, 5) is 0. The number of phenols is 2. The Morgan fingerprint density at radius 2 is 1.24 bits per heavy atom. The first kappa shape index (κ1) is 22.0. The molecule has 0 saturated carbocycles. The van der Waals surface area contributed by atoms with Crippen LogP contribution in [0.1, 0.15) is 16.7 Å². The van der Waals surface area contributed by atoms with Crippen molar-refractivity contribution >= 4 is 56.5 Å². The number of hydrogen-bond donors (Lipinski definition) is 3. The number of aromatic hydroxyl groups is 2. The summed E-state index contributed by atoms with van der Waals surface area (Å²) in [6, 6.07) is 12.5. The van der Waals surface area contributed by atoms with Crippen LogP contribution in [0.5, 0.6) is 11.5 Å². The van der Waals surface area contributed by atoms with E-state index in [2.05, 4.69) is 0 Å². The van der Waals surface area contributed by atoms with Crippen molar-refractivity contribution in [3.63, 3.8) is 0 Å². The molecule has 0 aliphatic rings. The van der Waals surface area contributed by atoms with Crippen LogP contribution in [0.25, 0.3) is 0 Å². The summed E-state index contributed by atoms with van der Waals surface area (Å²) in [5, 5.41) is 19.6. The van der Waals surface area contributed by atoms with E-state index in [4.69, 9.17) is 46.4 Å². The van der Waals surface area contributed by atoms with Gasteiger partial charge in [-0.05, 0) is 41.5 Å². The average molecular weight is 494 g/mol. The SMILES string of the molecule is O=S(=O)(O)C(c1cccc(Cl)c1)(c1cccc(Cl)c1)c1cc(Cl)c(O)c(O)c1Cl. The lowest BCUT2D eigenvalue weighted by molar-refractivity contribution is 0.402. The van der Waals surface area contributed by atoms with E-state index < -0.39 is 31.4 Å². The first-order valence-corrected chi connectivity index (χ1v) is 10.8. The van der Waals surface area contributed by atoms with Gasteiger partial charge in [-0.1, -0.05) is 70.7 Å². The van der Waals surface area contributed by atoms with E-state index in [1.807, 2.05) is 0 Å². The molecule has 0 bridgehead atoms. The van der Waals surface area contributed by atoms with Gasteiger partial charge >= 0.3 is 0 Å². The lowest BCUT2D eigenvalue weighted by atomic mass is 9.83. The lowest BCUT2D eigenvalue weighted by Gasteiger charge is -2.33. The summed E-state index contributed by atoms with van der Waals surface area (Å²) in [5.74, 6) is -1.58. The van der Waals surface area contributed by atoms with Crippen molar-refractivity contribution < 1.29 is 23.2 Å². The third-order valence-electron chi connectivity index (χ3n) is 4.39. The molecule has 0 amide bonds. The molecule has 3 aromatic rings. The summed E-state index contributed by atoms with van der Waals surface area (Å²) >= 11 is 24.4. The van der Waals surface area contributed by atoms with Crippen LogP contribution in [0, 0.1) is 0 Å². The standard InChI is InChI=1S/C19H12Cl4O5S/c20-12-5-1-3-10(7-12)19(29(26,27)28,11-4-2-6-13(21)8-11)14-9-15(22)17(24)18(25)16(14)23/h1-9,24-25H,(H,26,27,28). The van der Waals surface area contributed by atoms with Gasteiger partial charge in [-0.2, -0.15) is 8.42 Å². The Hall–Kier alpha value is -1.67. The number of halogens is 4. The number of hydrogen-bond acceptors (Lipinski definition) is 4. The van der Waals surface area contributed by atoms with Crippen molar-refractivity contribution in [2.24, 2.45) is 0 Å². The van der Waals surface area contributed by atoms with E-state index in [1.54, 1.807) is 0 Å². The Kier molecular flexibility index (Phi) is 5.98. The molecule has 0 spiro atoms. The van der Waals surface area contributed by atoms with Crippen LogP contribution < -0.4 is 0 Å². The second kappa shape index (κ2) is 7.87. The topological polar surface area (TPSA) is 94.8 Å². The van der Waals surface area contributed by atoms with Crippen molar-refractivity contribution in [1.82, 2.24) is 0 Å². The molecule has 0 aliphatic carbocycles. The van der Waals surface area contributed by atoms with Gasteiger partial charge in [-0.15, -0.1) is 0 Å². The predicted molar refractivity (Wildman–Crippen MR) is 114 cm³/mol. The Morgan fingerprint density at radius 1 is 0.759 bits per heavy atom. The van der Waals surface area contributed by atoms with Gasteiger partial charge in [-0.3, -0.25) is 4.55 Å². The van der Waals surface area contributed by atoms with Crippen LogP contribution in [0.2, 0.25) is 20.1 Å². The number of rotatable bonds is 4. The van der Waals surface area contributed by atoms with E-state index in [9.17, 15) is 23.2 Å². The second-order valence-electron chi connectivity index (χ2n) is 6.09. The minimum atomic E-state index is -5.04. The molecule has 29 heavy (non-hydrogen) atoms. The monoisotopic (exact) mass is 492 g/mol. The van der Waals surface area contributed by atoms with Gasteiger partial charge in [0.1, 0.15) is 0 Å². The second-order valence-corrected chi connectivity index (χ2v) is 9.31. The quantitative estimate of drug-likeness (QED) is 0.239. The Morgan fingerprint density at radius 3 is 1.66 bits per heavy atom. The maximum Gasteiger partial charge on any atom is 0.283 e. The Labute approximate surface area is 186 Å². The molecule has 5 nitrogen and oxygen atoms in total. The third-order valence-corrected chi connectivity index (χ3v) is 7.00. The van der Waals surface area contributed by atoms with Crippen LogP contribution in [0.15, 0.2) is 54.6 Å². The fraction of sp³-hybridized carbons (Fsp3) is 0.0526. The summed E-state index contributed by atoms with van der Waals surface area (Å²) in [5.41, 5.74) is -0.276. The highest BCUT2D eigenvalue weighted by Gasteiger charge is 2.50. The largest absolute Gasteiger partial charge is 0.503 e. The summed E-state index contributed by atoms with van der Waals surface area (Å²) in [7, 11) is -5.04. The zero-order valence-corrected chi connectivity index (χ0v) is 18.1. The molecule has 10 heteroatoms. The van der Waals surface area contributed by atoms with E-state index in [0.29, 0.717) is 0 Å². The average Bonchev–Trinajstić information content (AvgIpc) is 2.64. The van der Waals surface area contributed by atoms with Crippen molar-refractivity contribution in [3.8, 4) is 11.5 Å². The van der Waals surface area contributed by atoms with Gasteiger partial charge in [0, 0.05) is 15.6 Å². The van der Waals surface area contributed by atoms with E-state index in [-0.39, 0.29) is 31.8 Å². The van der Waals surface area contributed by atoms with Gasteiger partial charge in [0.25, 0.3) is 10.1 Å². The molecule has 152 valence electrons. The smallest absolute Gasteiger partial charge is 0.283 e. The highest BCUT2D eigenvalue weighted by Crippen LogP contribution is 2.52. The molecular formula is C19H12Cl4O5S. The molecule has 0 aromatic heterocycles. The van der Waals surface area contributed by atoms with Crippen LogP contribution in [0.3, 0.4) is 0 Å². The van der Waals surface area contributed by atoms with Crippen LogP contribution >= 0.6 is 46.4 Å². The van der Waals surface area contributed by atoms with Crippen molar-refractivity contribution in [1.29, 1.82) is 0 Å². The first-order valence-electron chi connectivity index (χ1n) is 7.89. The van der Waals surface area contributed by atoms with Gasteiger partial charge in [0.15, 0.2) is 16.2 Å². The molecule has 3 rings (SSSR count). The van der Waals surface area contributed by atoms with E-state index in [1.165, 1.54) is 48.5 Å². The van der Waals surface area contributed by atoms with E-state index >= 15 is 0 Å². The highest BCUT2D eigenvalue weighted by atomic mass is 35.5. The van der Waals surface area contributed by atoms with E-state index in [0.717, 1.165) is 6.07 Å². The van der Waals surface area contributed by atoms with Crippen molar-refractivity contribution in [3.05, 3.63) is 91.4 Å². The van der Waals surface area contributed by atoms with Gasteiger partial charge in [0.2, 0.25) is 0 Å². The predicted octanol–water partition coefficient (Wildman–Crippen LogP) is 5.89. The molecule has 0 atom stereocenters. The van der Waals surface area contributed by atoms with Gasteiger partial charge < -0.3 is 10.2 Å². The molecule has 0 radical (unpaired) electrons. The fourth-order valence-electron chi connectivity index (χ4n) is 3.19. The first-order chi connectivity index (χ1) is 13.5.